The van der Waals surface area contributed by atoms with Gasteiger partial charge in [0.1, 0.15) is 5.75 Å². The van der Waals surface area contributed by atoms with Gasteiger partial charge in [-0.25, -0.2) is 4.98 Å². The molecule has 3 nitrogen and oxygen atoms in total. The van der Waals surface area contributed by atoms with Gasteiger partial charge in [-0.2, -0.15) is 0 Å². The molecule has 2 aromatic rings. The first kappa shape index (κ1) is 15.0. The van der Waals surface area contributed by atoms with Gasteiger partial charge in [-0.15, -0.1) is 11.3 Å². The minimum atomic E-state index is 0.274. The summed E-state index contributed by atoms with van der Waals surface area (Å²) in [5.41, 5.74) is 3.56. The number of aromatic nitrogens is 1. The van der Waals surface area contributed by atoms with Gasteiger partial charge in [-0.05, 0) is 37.6 Å². The molecule has 0 aliphatic carbocycles. The molecule has 1 atom stereocenters. The van der Waals surface area contributed by atoms with Crippen LogP contribution >= 0.6 is 11.3 Å². The zero-order valence-corrected chi connectivity index (χ0v) is 13.4. The maximum atomic E-state index is 5.43. The fourth-order valence-electron chi connectivity index (χ4n) is 2.32. The van der Waals surface area contributed by atoms with Crippen LogP contribution in [0.5, 0.6) is 5.75 Å². The molecule has 0 saturated heterocycles. The van der Waals surface area contributed by atoms with Crippen LogP contribution in [0.15, 0.2) is 23.6 Å². The predicted molar refractivity (Wildman–Crippen MR) is 84.7 cm³/mol. The van der Waals surface area contributed by atoms with Crippen LogP contribution in [0.3, 0.4) is 0 Å². The average molecular weight is 290 g/mol. The molecule has 1 N–H and O–H groups in total. The van der Waals surface area contributed by atoms with Gasteiger partial charge in [0, 0.05) is 17.8 Å². The van der Waals surface area contributed by atoms with Crippen molar-refractivity contribution in [2.45, 2.75) is 33.2 Å². The number of likely N-dealkylation sites (N-methyl/N-ethyl adjacent to an activating group) is 1. The van der Waals surface area contributed by atoms with E-state index in [1.165, 1.54) is 5.56 Å². The van der Waals surface area contributed by atoms with E-state index in [-0.39, 0.29) is 6.04 Å². The van der Waals surface area contributed by atoms with Crippen LogP contribution in [0, 0.1) is 13.8 Å². The van der Waals surface area contributed by atoms with E-state index in [1.807, 2.05) is 6.92 Å². The Labute approximate surface area is 125 Å². The fraction of sp³-hybridized carbons (Fsp3) is 0.438. The van der Waals surface area contributed by atoms with Gasteiger partial charge in [0.15, 0.2) is 0 Å². The average Bonchev–Trinajstić information content (AvgIpc) is 2.84. The van der Waals surface area contributed by atoms with Crippen molar-refractivity contribution in [2.24, 2.45) is 0 Å². The Morgan fingerprint density at radius 2 is 2.15 bits per heavy atom. The Kier molecular flexibility index (Phi) is 5.15. The van der Waals surface area contributed by atoms with Crippen LogP contribution in [0.4, 0.5) is 0 Å². The van der Waals surface area contributed by atoms with Crippen LogP contribution in [-0.4, -0.2) is 18.6 Å². The number of nitrogens with zero attached hydrogens (tertiary/aromatic N) is 1. The third-order valence-electron chi connectivity index (χ3n) is 3.36. The summed E-state index contributed by atoms with van der Waals surface area (Å²) in [6, 6.07) is 6.69. The normalized spacial score (nSPS) is 12.4. The molecular weight excluding hydrogens is 268 g/mol. The van der Waals surface area contributed by atoms with E-state index in [1.54, 1.807) is 18.4 Å². The highest BCUT2D eigenvalue weighted by Gasteiger charge is 2.14. The lowest BCUT2D eigenvalue weighted by Gasteiger charge is -2.19. The summed E-state index contributed by atoms with van der Waals surface area (Å²) in [7, 11) is 1.72. The summed E-state index contributed by atoms with van der Waals surface area (Å²) < 4.78 is 5.43. The highest BCUT2D eigenvalue weighted by molar-refractivity contribution is 7.09. The summed E-state index contributed by atoms with van der Waals surface area (Å²) in [4.78, 5) is 4.57. The third kappa shape index (κ3) is 3.58. The minimum Gasteiger partial charge on any atom is -0.496 e. The maximum absolute atomic E-state index is 5.43. The molecule has 0 radical (unpaired) electrons. The Morgan fingerprint density at radius 1 is 1.35 bits per heavy atom. The van der Waals surface area contributed by atoms with Crippen molar-refractivity contribution in [3.63, 3.8) is 0 Å². The number of methoxy groups -OCH3 is 1. The van der Waals surface area contributed by atoms with E-state index < -0.39 is 0 Å². The Hall–Kier alpha value is -1.39. The molecule has 2 rings (SSSR count). The topological polar surface area (TPSA) is 34.2 Å². The molecule has 1 aromatic carbocycles. The molecule has 1 unspecified atom stereocenters. The molecule has 0 amide bonds. The number of ether oxygens (including phenoxy) is 1. The highest BCUT2D eigenvalue weighted by Crippen LogP contribution is 2.25. The van der Waals surface area contributed by atoms with Crippen molar-refractivity contribution < 1.29 is 4.74 Å². The zero-order valence-electron chi connectivity index (χ0n) is 12.6. The van der Waals surface area contributed by atoms with Gasteiger partial charge < -0.3 is 10.1 Å². The first-order valence-electron chi connectivity index (χ1n) is 6.93. The Balaban J connectivity index is 2.23. The number of rotatable bonds is 6. The number of thiazole rings is 1. The largest absolute Gasteiger partial charge is 0.496 e. The Bertz CT molecular complexity index is 565. The Morgan fingerprint density at radius 3 is 2.75 bits per heavy atom. The second-order valence-corrected chi connectivity index (χ2v) is 5.96. The molecule has 0 aliphatic heterocycles. The van der Waals surface area contributed by atoms with Crippen LogP contribution in [0.2, 0.25) is 0 Å². The van der Waals surface area contributed by atoms with E-state index in [2.05, 4.69) is 47.7 Å². The van der Waals surface area contributed by atoms with Gasteiger partial charge >= 0.3 is 0 Å². The molecule has 0 aliphatic rings. The summed E-state index contributed by atoms with van der Waals surface area (Å²) in [6.07, 6.45) is 0.907. The fourth-order valence-corrected chi connectivity index (χ4v) is 2.94. The summed E-state index contributed by atoms with van der Waals surface area (Å²) in [5.74, 6) is 0.944. The van der Waals surface area contributed by atoms with Crippen molar-refractivity contribution in [1.29, 1.82) is 0 Å². The molecule has 4 heteroatoms. The van der Waals surface area contributed by atoms with E-state index in [0.29, 0.717) is 0 Å². The molecular formula is C16H22N2OS. The van der Waals surface area contributed by atoms with Crippen LogP contribution in [-0.2, 0) is 6.42 Å². The van der Waals surface area contributed by atoms with Gasteiger partial charge in [-0.1, -0.05) is 19.1 Å². The van der Waals surface area contributed by atoms with Crippen molar-refractivity contribution >= 4 is 11.3 Å². The quantitative estimate of drug-likeness (QED) is 0.881. The van der Waals surface area contributed by atoms with E-state index in [9.17, 15) is 0 Å². The zero-order chi connectivity index (χ0) is 14.5. The van der Waals surface area contributed by atoms with Crippen molar-refractivity contribution in [1.82, 2.24) is 10.3 Å². The number of nitrogens with one attached hydrogen (secondary N) is 1. The molecule has 0 saturated carbocycles. The van der Waals surface area contributed by atoms with Crippen molar-refractivity contribution in [3.05, 3.63) is 45.4 Å². The number of hydrogen-bond acceptors (Lipinski definition) is 4. The minimum absolute atomic E-state index is 0.274. The van der Waals surface area contributed by atoms with Crippen LogP contribution < -0.4 is 10.1 Å². The van der Waals surface area contributed by atoms with E-state index in [4.69, 9.17) is 4.74 Å². The lowest BCUT2D eigenvalue weighted by molar-refractivity contribution is 0.409. The molecule has 20 heavy (non-hydrogen) atoms. The van der Waals surface area contributed by atoms with Crippen LogP contribution in [0.25, 0.3) is 0 Å². The van der Waals surface area contributed by atoms with Gasteiger partial charge in [0.2, 0.25) is 0 Å². The lowest BCUT2D eigenvalue weighted by atomic mass is 10.0. The molecule has 0 spiro atoms. The van der Waals surface area contributed by atoms with Gasteiger partial charge in [-0.3, -0.25) is 0 Å². The lowest BCUT2D eigenvalue weighted by Crippen LogP contribution is -2.23. The molecule has 108 valence electrons. The first-order chi connectivity index (χ1) is 9.63. The molecule has 0 bridgehead atoms. The summed E-state index contributed by atoms with van der Waals surface area (Å²) in [5, 5.41) is 6.80. The van der Waals surface area contributed by atoms with E-state index in [0.717, 1.165) is 35.0 Å². The van der Waals surface area contributed by atoms with Crippen LogP contribution in [0.1, 0.15) is 34.8 Å². The molecule has 1 heterocycles. The van der Waals surface area contributed by atoms with Gasteiger partial charge in [0.25, 0.3) is 0 Å². The maximum Gasteiger partial charge on any atom is 0.122 e. The summed E-state index contributed by atoms with van der Waals surface area (Å²) in [6.45, 7) is 7.18. The molecule has 0 fully saturated rings. The highest BCUT2D eigenvalue weighted by atomic mass is 32.1. The standard InChI is InChI=1S/C16H22N2OS/c1-5-17-15(9-14-10-20-12(3)18-14)13-7-6-11(2)16(8-13)19-4/h6-8,10,15,17H,5,9H2,1-4H3. The number of hydrogen-bond donors (Lipinski definition) is 1. The second-order valence-electron chi connectivity index (χ2n) is 4.90. The predicted octanol–water partition coefficient (Wildman–Crippen LogP) is 3.66. The molecule has 1 aromatic heterocycles. The van der Waals surface area contributed by atoms with Crippen molar-refractivity contribution in [3.8, 4) is 5.75 Å². The van der Waals surface area contributed by atoms with E-state index >= 15 is 0 Å². The second kappa shape index (κ2) is 6.86. The monoisotopic (exact) mass is 290 g/mol. The van der Waals surface area contributed by atoms with Crippen molar-refractivity contribution in [2.75, 3.05) is 13.7 Å². The number of aryl methyl sites for hydroxylation is 2. The van der Waals surface area contributed by atoms with Gasteiger partial charge in [0.05, 0.1) is 17.8 Å². The smallest absolute Gasteiger partial charge is 0.122 e. The SMILES string of the molecule is CCNC(Cc1csc(C)n1)c1ccc(C)c(OC)c1. The summed E-state index contributed by atoms with van der Waals surface area (Å²) >= 11 is 1.71. The third-order valence-corrected chi connectivity index (χ3v) is 4.19. The number of benzene rings is 1. The first-order valence-corrected chi connectivity index (χ1v) is 7.81.